The highest BCUT2D eigenvalue weighted by molar-refractivity contribution is 5.81. The Hall–Kier alpha value is -1.75. The molecule has 1 aromatic carbocycles. The molecule has 0 saturated carbocycles. The zero-order chi connectivity index (χ0) is 14.4. The first-order valence-electron chi connectivity index (χ1n) is 7.01. The van der Waals surface area contributed by atoms with Gasteiger partial charge < -0.3 is 19.7 Å². The van der Waals surface area contributed by atoms with Gasteiger partial charge in [0, 0.05) is 19.6 Å². The van der Waals surface area contributed by atoms with Gasteiger partial charge in [0.1, 0.15) is 11.5 Å². The molecule has 1 aliphatic rings. The Bertz CT molecular complexity index is 425. The van der Waals surface area contributed by atoms with Crippen molar-refractivity contribution in [3.05, 3.63) is 24.3 Å². The predicted octanol–water partition coefficient (Wildman–Crippen LogP) is 1.28. The minimum absolute atomic E-state index is 0.0459. The topological polar surface area (TPSA) is 50.8 Å². The molecule has 1 unspecified atom stereocenters. The third kappa shape index (κ3) is 3.87. The van der Waals surface area contributed by atoms with E-state index in [0.29, 0.717) is 5.75 Å². The molecule has 1 aliphatic heterocycles. The number of ether oxygens (including phenoxy) is 2. The van der Waals surface area contributed by atoms with Gasteiger partial charge in [0.15, 0.2) is 6.10 Å². The van der Waals surface area contributed by atoms with E-state index in [9.17, 15) is 4.79 Å². The van der Waals surface area contributed by atoms with Gasteiger partial charge in [-0.2, -0.15) is 0 Å². The lowest BCUT2D eigenvalue weighted by Gasteiger charge is -2.24. The summed E-state index contributed by atoms with van der Waals surface area (Å²) in [6.45, 7) is 5.15. The standard InChI is InChI=1S/C15H22N2O3/c1-12(15(18)17-10-3-8-16-9-11-17)20-14-6-4-13(19-2)5-7-14/h4-7,12,16H,3,8-11H2,1-2H3. The second kappa shape index (κ2) is 7.14. The second-order valence-electron chi connectivity index (χ2n) is 4.86. The summed E-state index contributed by atoms with van der Waals surface area (Å²) in [6, 6.07) is 7.27. The van der Waals surface area contributed by atoms with E-state index in [1.54, 1.807) is 14.0 Å². The van der Waals surface area contributed by atoms with Gasteiger partial charge in [-0.05, 0) is 44.2 Å². The summed E-state index contributed by atoms with van der Waals surface area (Å²) in [5.74, 6) is 1.50. The first kappa shape index (κ1) is 14.7. The van der Waals surface area contributed by atoms with Gasteiger partial charge in [0.25, 0.3) is 5.91 Å². The summed E-state index contributed by atoms with van der Waals surface area (Å²) in [7, 11) is 1.62. The number of hydrogen-bond donors (Lipinski definition) is 1. The normalized spacial score (nSPS) is 17.2. The molecule has 20 heavy (non-hydrogen) atoms. The van der Waals surface area contributed by atoms with E-state index >= 15 is 0 Å². The third-order valence-corrected chi connectivity index (χ3v) is 3.37. The van der Waals surface area contributed by atoms with Crippen LogP contribution in [0.4, 0.5) is 0 Å². The van der Waals surface area contributed by atoms with Crippen molar-refractivity contribution >= 4 is 5.91 Å². The van der Waals surface area contributed by atoms with E-state index in [-0.39, 0.29) is 5.91 Å². The molecule has 5 nitrogen and oxygen atoms in total. The van der Waals surface area contributed by atoms with Crippen LogP contribution in [0.15, 0.2) is 24.3 Å². The molecule has 0 bridgehead atoms. The number of carbonyl (C=O) groups excluding carboxylic acids is 1. The van der Waals surface area contributed by atoms with E-state index in [1.807, 2.05) is 29.2 Å². The summed E-state index contributed by atoms with van der Waals surface area (Å²) >= 11 is 0. The Morgan fingerprint density at radius 2 is 1.90 bits per heavy atom. The highest BCUT2D eigenvalue weighted by atomic mass is 16.5. The second-order valence-corrected chi connectivity index (χ2v) is 4.86. The smallest absolute Gasteiger partial charge is 0.263 e. The molecule has 1 amide bonds. The minimum atomic E-state index is -0.471. The van der Waals surface area contributed by atoms with Crippen LogP contribution in [0, 0.1) is 0 Å². The Kier molecular flexibility index (Phi) is 5.24. The Balaban J connectivity index is 1.92. The molecular weight excluding hydrogens is 256 g/mol. The summed E-state index contributed by atoms with van der Waals surface area (Å²) < 4.78 is 10.8. The van der Waals surface area contributed by atoms with Crippen LogP contribution in [0.3, 0.4) is 0 Å². The fourth-order valence-corrected chi connectivity index (χ4v) is 2.23. The van der Waals surface area contributed by atoms with Crippen molar-refractivity contribution in [3.63, 3.8) is 0 Å². The number of nitrogens with zero attached hydrogens (tertiary/aromatic N) is 1. The molecule has 5 heteroatoms. The van der Waals surface area contributed by atoms with Crippen LogP contribution in [-0.4, -0.2) is 50.2 Å². The Morgan fingerprint density at radius 3 is 2.60 bits per heavy atom. The first-order chi connectivity index (χ1) is 9.70. The molecule has 0 aromatic heterocycles. The van der Waals surface area contributed by atoms with Crippen molar-refractivity contribution in [2.24, 2.45) is 0 Å². The molecule has 1 aromatic rings. The number of rotatable bonds is 4. The zero-order valence-corrected chi connectivity index (χ0v) is 12.1. The molecule has 1 heterocycles. The zero-order valence-electron chi connectivity index (χ0n) is 12.1. The third-order valence-electron chi connectivity index (χ3n) is 3.37. The van der Waals surface area contributed by atoms with Gasteiger partial charge in [0.05, 0.1) is 7.11 Å². The van der Waals surface area contributed by atoms with Crippen LogP contribution in [0.25, 0.3) is 0 Å². The van der Waals surface area contributed by atoms with Gasteiger partial charge in [-0.3, -0.25) is 4.79 Å². The average molecular weight is 278 g/mol. The molecule has 0 spiro atoms. The number of benzene rings is 1. The SMILES string of the molecule is COc1ccc(OC(C)C(=O)N2CCCNCC2)cc1. The maximum Gasteiger partial charge on any atom is 0.263 e. The number of nitrogens with one attached hydrogen (secondary N) is 1. The Labute approximate surface area is 119 Å². The van der Waals surface area contributed by atoms with Gasteiger partial charge in [-0.1, -0.05) is 0 Å². The number of carbonyl (C=O) groups is 1. The van der Waals surface area contributed by atoms with Crippen LogP contribution in [0.2, 0.25) is 0 Å². The highest BCUT2D eigenvalue weighted by Crippen LogP contribution is 2.18. The van der Waals surface area contributed by atoms with Crippen molar-refractivity contribution in [2.45, 2.75) is 19.4 Å². The minimum Gasteiger partial charge on any atom is -0.497 e. The quantitative estimate of drug-likeness (QED) is 0.901. The lowest BCUT2D eigenvalue weighted by atomic mass is 10.3. The number of methoxy groups -OCH3 is 1. The molecule has 110 valence electrons. The number of hydrogen-bond acceptors (Lipinski definition) is 4. The molecule has 0 aliphatic carbocycles. The fraction of sp³-hybridized carbons (Fsp3) is 0.533. The van der Waals surface area contributed by atoms with Crippen LogP contribution in [0.5, 0.6) is 11.5 Å². The predicted molar refractivity (Wildman–Crippen MR) is 77.2 cm³/mol. The maximum absolute atomic E-state index is 12.3. The van der Waals surface area contributed by atoms with E-state index in [4.69, 9.17) is 9.47 Å². The van der Waals surface area contributed by atoms with Gasteiger partial charge in [0.2, 0.25) is 0 Å². The van der Waals surface area contributed by atoms with E-state index < -0.39 is 6.10 Å². The van der Waals surface area contributed by atoms with Crippen molar-refractivity contribution in [1.29, 1.82) is 0 Å². The van der Waals surface area contributed by atoms with Gasteiger partial charge in [-0.15, -0.1) is 0 Å². The van der Waals surface area contributed by atoms with Crippen molar-refractivity contribution < 1.29 is 14.3 Å². The lowest BCUT2D eigenvalue weighted by molar-refractivity contribution is -0.137. The molecular formula is C15H22N2O3. The van der Waals surface area contributed by atoms with Crippen molar-refractivity contribution in [2.75, 3.05) is 33.3 Å². The van der Waals surface area contributed by atoms with Crippen LogP contribution >= 0.6 is 0 Å². The molecule has 1 fully saturated rings. The van der Waals surface area contributed by atoms with Gasteiger partial charge in [-0.25, -0.2) is 0 Å². The summed E-state index contributed by atoms with van der Waals surface area (Å²) in [5, 5.41) is 3.28. The largest absolute Gasteiger partial charge is 0.497 e. The maximum atomic E-state index is 12.3. The fourth-order valence-electron chi connectivity index (χ4n) is 2.23. The van der Waals surface area contributed by atoms with Crippen LogP contribution in [-0.2, 0) is 4.79 Å². The van der Waals surface area contributed by atoms with Crippen LogP contribution in [0.1, 0.15) is 13.3 Å². The van der Waals surface area contributed by atoms with Gasteiger partial charge >= 0.3 is 0 Å². The highest BCUT2D eigenvalue weighted by Gasteiger charge is 2.22. The molecule has 1 N–H and O–H groups in total. The summed E-state index contributed by atoms with van der Waals surface area (Å²) in [6.07, 6.45) is 0.516. The first-order valence-corrected chi connectivity index (χ1v) is 7.01. The monoisotopic (exact) mass is 278 g/mol. The van der Waals surface area contributed by atoms with E-state index in [1.165, 1.54) is 0 Å². The molecule has 1 atom stereocenters. The van der Waals surface area contributed by atoms with E-state index in [2.05, 4.69) is 5.32 Å². The summed E-state index contributed by atoms with van der Waals surface area (Å²) in [5.41, 5.74) is 0. The van der Waals surface area contributed by atoms with Crippen LogP contribution < -0.4 is 14.8 Å². The van der Waals surface area contributed by atoms with Crippen molar-refractivity contribution in [1.82, 2.24) is 10.2 Å². The number of amides is 1. The Morgan fingerprint density at radius 1 is 1.20 bits per heavy atom. The summed E-state index contributed by atoms with van der Waals surface area (Å²) in [4.78, 5) is 14.2. The average Bonchev–Trinajstić information content (AvgIpc) is 2.76. The lowest BCUT2D eigenvalue weighted by Crippen LogP contribution is -2.42. The molecule has 1 saturated heterocycles. The van der Waals surface area contributed by atoms with Crippen molar-refractivity contribution in [3.8, 4) is 11.5 Å². The molecule has 2 rings (SSSR count). The molecule has 0 radical (unpaired) electrons. The van der Waals surface area contributed by atoms with E-state index in [0.717, 1.165) is 38.3 Å².